The van der Waals surface area contributed by atoms with Crippen LogP contribution in [0.15, 0.2) is 41.8 Å². The number of piperidine rings is 1. The largest absolute Gasteiger partial charge is 0.497 e. The van der Waals surface area contributed by atoms with Crippen molar-refractivity contribution in [2.24, 2.45) is 5.92 Å². The third-order valence-corrected chi connectivity index (χ3v) is 5.70. The van der Waals surface area contributed by atoms with E-state index in [-0.39, 0.29) is 30.3 Å². The van der Waals surface area contributed by atoms with Crippen LogP contribution in [0.4, 0.5) is 0 Å². The van der Waals surface area contributed by atoms with Gasteiger partial charge in [-0.3, -0.25) is 14.4 Å². The number of thiophene rings is 1. The third kappa shape index (κ3) is 5.80. The summed E-state index contributed by atoms with van der Waals surface area (Å²) in [4.78, 5) is 39.0. The molecular weight excluding hydrogens is 392 g/mol. The molecule has 1 aromatic heterocycles. The van der Waals surface area contributed by atoms with Crippen molar-refractivity contribution in [3.05, 3.63) is 52.2 Å². The number of esters is 1. The summed E-state index contributed by atoms with van der Waals surface area (Å²) in [6.45, 7) is 1.08. The fraction of sp³-hybridized carbons (Fsp3) is 0.381. The number of amides is 2. The van der Waals surface area contributed by atoms with Crippen molar-refractivity contribution in [3.63, 3.8) is 0 Å². The van der Waals surface area contributed by atoms with Crippen LogP contribution in [0.3, 0.4) is 0 Å². The first kappa shape index (κ1) is 20.9. The number of carbonyl (C=O) groups is 3. The van der Waals surface area contributed by atoms with E-state index in [1.165, 1.54) is 11.3 Å². The summed E-state index contributed by atoms with van der Waals surface area (Å²) in [6, 6.07) is 11.0. The standard InChI is InChI=1S/C21H24N2O5S/c1-27-17-6-4-15(5-7-17)13-22-19(24)14-28-21(26)16-8-10-23(11-9-16)20(25)18-3-2-12-29-18/h2-7,12,16H,8-11,13-14H2,1H3,(H,22,24). The Hall–Kier alpha value is -2.87. The molecule has 3 rings (SSSR count). The van der Waals surface area contributed by atoms with Gasteiger partial charge < -0.3 is 19.7 Å². The average molecular weight is 416 g/mol. The van der Waals surface area contributed by atoms with Gasteiger partial charge in [0.25, 0.3) is 11.8 Å². The summed E-state index contributed by atoms with van der Waals surface area (Å²) in [5.41, 5.74) is 0.924. The average Bonchev–Trinajstić information content (AvgIpc) is 3.31. The summed E-state index contributed by atoms with van der Waals surface area (Å²) in [5, 5.41) is 4.60. The van der Waals surface area contributed by atoms with Gasteiger partial charge in [-0.25, -0.2) is 0 Å². The van der Waals surface area contributed by atoms with Gasteiger partial charge in [0, 0.05) is 19.6 Å². The number of hydrogen-bond donors (Lipinski definition) is 1. The molecular formula is C21H24N2O5S. The van der Waals surface area contributed by atoms with Gasteiger partial charge in [-0.15, -0.1) is 11.3 Å². The molecule has 0 aliphatic carbocycles. The number of carbonyl (C=O) groups excluding carboxylic acids is 3. The van der Waals surface area contributed by atoms with Gasteiger partial charge in [0.1, 0.15) is 5.75 Å². The first-order valence-corrected chi connectivity index (χ1v) is 10.3. The maximum absolute atomic E-state index is 12.3. The van der Waals surface area contributed by atoms with Crippen LogP contribution in [0.1, 0.15) is 28.1 Å². The number of ether oxygens (including phenoxy) is 2. The Morgan fingerprint density at radius 1 is 1.14 bits per heavy atom. The first-order chi connectivity index (χ1) is 14.1. The molecule has 2 amide bonds. The Labute approximate surface area is 173 Å². The highest BCUT2D eigenvalue weighted by atomic mass is 32.1. The van der Waals surface area contributed by atoms with Crippen molar-refractivity contribution in [2.75, 3.05) is 26.8 Å². The zero-order chi connectivity index (χ0) is 20.6. The molecule has 29 heavy (non-hydrogen) atoms. The van der Waals surface area contributed by atoms with E-state index in [9.17, 15) is 14.4 Å². The molecule has 0 saturated carbocycles. The molecule has 1 aliphatic rings. The second-order valence-corrected chi connectivity index (χ2v) is 7.72. The van der Waals surface area contributed by atoms with Crippen molar-refractivity contribution < 1.29 is 23.9 Å². The summed E-state index contributed by atoms with van der Waals surface area (Å²) >= 11 is 1.41. The Morgan fingerprint density at radius 2 is 1.86 bits per heavy atom. The first-order valence-electron chi connectivity index (χ1n) is 9.46. The summed E-state index contributed by atoms with van der Waals surface area (Å²) < 4.78 is 10.3. The molecule has 2 aromatic rings. The lowest BCUT2D eigenvalue weighted by Gasteiger charge is -2.30. The van der Waals surface area contributed by atoms with Crippen LogP contribution >= 0.6 is 11.3 Å². The monoisotopic (exact) mass is 416 g/mol. The number of methoxy groups -OCH3 is 1. The lowest BCUT2D eigenvalue weighted by atomic mass is 9.97. The SMILES string of the molecule is COc1ccc(CNC(=O)COC(=O)C2CCN(C(=O)c3cccs3)CC2)cc1. The van der Waals surface area contributed by atoms with Crippen molar-refractivity contribution in [1.29, 1.82) is 0 Å². The van der Waals surface area contributed by atoms with Gasteiger partial charge in [-0.1, -0.05) is 18.2 Å². The van der Waals surface area contributed by atoms with Crippen LogP contribution < -0.4 is 10.1 Å². The second-order valence-electron chi connectivity index (χ2n) is 6.78. The second kappa shape index (κ2) is 10.1. The predicted octanol–water partition coefficient (Wildman–Crippen LogP) is 2.47. The van der Waals surface area contributed by atoms with E-state index in [4.69, 9.17) is 9.47 Å². The highest BCUT2D eigenvalue weighted by Crippen LogP contribution is 2.21. The molecule has 0 atom stereocenters. The Kier molecular flexibility index (Phi) is 7.24. The van der Waals surface area contributed by atoms with E-state index < -0.39 is 0 Å². The van der Waals surface area contributed by atoms with E-state index in [0.29, 0.717) is 37.4 Å². The van der Waals surface area contributed by atoms with Crippen molar-refractivity contribution in [2.45, 2.75) is 19.4 Å². The zero-order valence-corrected chi connectivity index (χ0v) is 17.1. The lowest BCUT2D eigenvalue weighted by Crippen LogP contribution is -2.41. The van der Waals surface area contributed by atoms with E-state index in [1.54, 1.807) is 18.1 Å². The van der Waals surface area contributed by atoms with E-state index in [1.807, 2.05) is 35.7 Å². The number of nitrogens with zero attached hydrogens (tertiary/aromatic N) is 1. The molecule has 8 heteroatoms. The molecule has 2 heterocycles. The highest BCUT2D eigenvalue weighted by Gasteiger charge is 2.29. The predicted molar refractivity (Wildman–Crippen MR) is 109 cm³/mol. The van der Waals surface area contributed by atoms with Crippen LogP contribution in [0.5, 0.6) is 5.75 Å². The molecule has 0 bridgehead atoms. The molecule has 1 aromatic carbocycles. The van der Waals surface area contributed by atoms with Gasteiger partial charge in [0.2, 0.25) is 0 Å². The Bertz CT molecular complexity index is 827. The molecule has 1 N–H and O–H groups in total. The van der Waals surface area contributed by atoms with E-state index >= 15 is 0 Å². The minimum absolute atomic E-state index is 0.00438. The number of hydrogen-bond acceptors (Lipinski definition) is 6. The molecule has 0 radical (unpaired) electrons. The van der Waals surface area contributed by atoms with Crippen LogP contribution in [-0.2, 0) is 20.9 Å². The maximum atomic E-state index is 12.3. The van der Waals surface area contributed by atoms with Gasteiger partial charge >= 0.3 is 5.97 Å². The van der Waals surface area contributed by atoms with Crippen LogP contribution in [-0.4, -0.2) is 49.5 Å². The van der Waals surface area contributed by atoms with Gasteiger partial charge in [0.15, 0.2) is 6.61 Å². The summed E-state index contributed by atoms with van der Waals surface area (Å²) in [7, 11) is 1.59. The van der Waals surface area contributed by atoms with Crippen molar-refractivity contribution in [1.82, 2.24) is 10.2 Å². The Morgan fingerprint density at radius 3 is 2.48 bits per heavy atom. The van der Waals surface area contributed by atoms with Crippen molar-refractivity contribution in [3.8, 4) is 5.75 Å². The number of nitrogens with one attached hydrogen (secondary N) is 1. The van der Waals surface area contributed by atoms with Crippen LogP contribution in [0.2, 0.25) is 0 Å². The third-order valence-electron chi connectivity index (χ3n) is 4.84. The van der Waals surface area contributed by atoms with Gasteiger partial charge in [0.05, 0.1) is 17.9 Å². The minimum atomic E-state index is -0.382. The molecule has 0 unspecified atom stereocenters. The number of benzene rings is 1. The number of likely N-dealkylation sites (tertiary alicyclic amines) is 1. The van der Waals surface area contributed by atoms with Crippen LogP contribution in [0, 0.1) is 5.92 Å². The summed E-state index contributed by atoms with van der Waals surface area (Å²) in [6.07, 6.45) is 1.09. The molecule has 1 aliphatic heterocycles. The van der Waals surface area contributed by atoms with Gasteiger partial charge in [-0.2, -0.15) is 0 Å². The van der Waals surface area contributed by atoms with E-state index in [2.05, 4.69) is 5.32 Å². The highest BCUT2D eigenvalue weighted by molar-refractivity contribution is 7.12. The molecule has 7 nitrogen and oxygen atoms in total. The lowest BCUT2D eigenvalue weighted by molar-refractivity contribution is -0.153. The smallest absolute Gasteiger partial charge is 0.309 e. The fourth-order valence-electron chi connectivity index (χ4n) is 3.12. The van der Waals surface area contributed by atoms with E-state index in [0.717, 1.165) is 11.3 Å². The maximum Gasteiger partial charge on any atom is 0.309 e. The minimum Gasteiger partial charge on any atom is -0.497 e. The molecule has 1 fully saturated rings. The molecule has 154 valence electrons. The molecule has 0 spiro atoms. The van der Waals surface area contributed by atoms with Crippen LogP contribution in [0.25, 0.3) is 0 Å². The normalized spacial score (nSPS) is 14.3. The fourth-order valence-corrected chi connectivity index (χ4v) is 3.81. The topological polar surface area (TPSA) is 84.9 Å². The summed E-state index contributed by atoms with van der Waals surface area (Å²) in [5.74, 6) is -0.258. The Balaban J connectivity index is 1.36. The quantitative estimate of drug-likeness (QED) is 0.701. The zero-order valence-electron chi connectivity index (χ0n) is 16.3. The van der Waals surface area contributed by atoms with Crippen molar-refractivity contribution >= 4 is 29.1 Å². The number of rotatable bonds is 7. The van der Waals surface area contributed by atoms with Gasteiger partial charge in [-0.05, 0) is 42.0 Å². The molecule has 1 saturated heterocycles.